The summed E-state index contributed by atoms with van der Waals surface area (Å²) >= 11 is 1.47. The average Bonchev–Trinajstić information content (AvgIpc) is 3.07. The molecule has 10 heteroatoms. The molecule has 1 aliphatic heterocycles. The van der Waals surface area contributed by atoms with Crippen LogP contribution in [0.5, 0.6) is 0 Å². The zero-order valence-corrected chi connectivity index (χ0v) is 19.6. The maximum Gasteiger partial charge on any atom is 0.310 e. The predicted molar refractivity (Wildman–Crippen MR) is 122 cm³/mol. The Hall–Kier alpha value is -2.75. The second kappa shape index (κ2) is 10.7. The van der Waals surface area contributed by atoms with Crippen LogP contribution in [0.1, 0.15) is 43.0 Å². The first-order chi connectivity index (χ1) is 15.3. The monoisotopic (exact) mass is 462 g/mol. The third kappa shape index (κ3) is 5.53. The van der Waals surface area contributed by atoms with Crippen molar-refractivity contribution in [1.29, 1.82) is 0 Å². The quantitative estimate of drug-likeness (QED) is 0.473. The number of ether oxygens (including phenoxy) is 1. The number of hydrogen-bond donors (Lipinski definition) is 1. The number of esters is 1. The Balaban J connectivity index is 1.44. The molecule has 3 heterocycles. The fourth-order valence-electron chi connectivity index (χ4n) is 3.87. The van der Waals surface area contributed by atoms with Gasteiger partial charge in [0.05, 0.1) is 24.2 Å². The van der Waals surface area contributed by atoms with E-state index in [9.17, 15) is 19.2 Å². The number of carbonyl (C=O) groups is 3. The van der Waals surface area contributed by atoms with Crippen LogP contribution in [-0.4, -0.2) is 58.5 Å². The summed E-state index contributed by atoms with van der Waals surface area (Å²) in [6.45, 7) is 7.19. The minimum atomic E-state index is -0.300. The third-order valence-electron chi connectivity index (χ3n) is 5.75. The molecule has 0 unspecified atom stereocenters. The van der Waals surface area contributed by atoms with E-state index in [0.29, 0.717) is 42.9 Å². The van der Waals surface area contributed by atoms with Crippen LogP contribution in [-0.2, 0) is 25.7 Å². The van der Waals surface area contributed by atoms with Crippen molar-refractivity contribution in [3.63, 3.8) is 0 Å². The molecule has 1 aliphatic rings. The van der Waals surface area contributed by atoms with E-state index in [2.05, 4.69) is 10.3 Å². The molecular formula is C22H30N4O5S. The molecule has 0 radical (unpaired) electrons. The van der Waals surface area contributed by atoms with Gasteiger partial charge in [-0.2, -0.15) is 0 Å². The number of rotatable bonds is 8. The molecule has 2 aromatic rings. The van der Waals surface area contributed by atoms with Crippen molar-refractivity contribution in [2.75, 3.05) is 26.2 Å². The zero-order chi connectivity index (χ0) is 23.3. The second-order valence-corrected chi connectivity index (χ2v) is 9.23. The third-order valence-corrected chi connectivity index (χ3v) is 6.87. The fraction of sp³-hybridized carbons (Fsp3) is 0.591. The Bertz CT molecular complexity index is 1060. The number of aromatic nitrogens is 2. The molecule has 2 amide bonds. The van der Waals surface area contributed by atoms with E-state index in [-0.39, 0.29) is 42.2 Å². The molecule has 1 saturated heterocycles. The Morgan fingerprint density at radius 1 is 1.31 bits per heavy atom. The molecular weight excluding hydrogens is 432 g/mol. The highest BCUT2D eigenvalue weighted by Crippen LogP contribution is 2.25. The van der Waals surface area contributed by atoms with E-state index < -0.39 is 0 Å². The summed E-state index contributed by atoms with van der Waals surface area (Å²) in [6, 6.07) is 0. The Morgan fingerprint density at radius 2 is 2.09 bits per heavy atom. The van der Waals surface area contributed by atoms with Gasteiger partial charge in [0, 0.05) is 30.9 Å². The highest BCUT2D eigenvalue weighted by molar-refractivity contribution is 7.18. The van der Waals surface area contributed by atoms with E-state index in [1.807, 2.05) is 13.8 Å². The summed E-state index contributed by atoms with van der Waals surface area (Å²) in [5.74, 6) is -0.826. The number of thiophene rings is 1. The molecule has 174 valence electrons. The number of likely N-dealkylation sites (tertiary alicyclic amines) is 1. The van der Waals surface area contributed by atoms with Crippen molar-refractivity contribution in [3.05, 3.63) is 27.1 Å². The first kappa shape index (κ1) is 23.9. The predicted octanol–water partition coefficient (Wildman–Crippen LogP) is 1.77. The topological polar surface area (TPSA) is 111 Å². The van der Waals surface area contributed by atoms with Crippen molar-refractivity contribution >= 4 is 39.3 Å². The van der Waals surface area contributed by atoms with Gasteiger partial charge >= 0.3 is 5.97 Å². The number of amides is 2. The molecule has 9 nitrogen and oxygen atoms in total. The summed E-state index contributed by atoms with van der Waals surface area (Å²) in [7, 11) is 0. The van der Waals surface area contributed by atoms with E-state index in [4.69, 9.17) is 4.74 Å². The molecule has 3 rings (SSSR count). The number of piperidine rings is 1. The van der Waals surface area contributed by atoms with E-state index in [0.717, 1.165) is 23.3 Å². The number of hydrogen-bond acceptors (Lipinski definition) is 7. The Kier molecular flexibility index (Phi) is 8.00. The van der Waals surface area contributed by atoms with Crippen molar-refractivity contribution in [3.8, 4) is 0 Å². The van der Waals surface area contributed by atoms with Gasteiger partial charge in [-0.15, -0.1) is 11.3 Å². The summed E-state index contributed by atoms with van der Waals surface area (Å²) in [5, 5.41) is 3.33. The number of nitrogens with zero attached hydrogens (tertiary/aromatic N) is 3. The van der Waals surface area contributed by atoms with Crippen LogP contribution < -0.4 is 10.9 Å². The highest BCUT2D eigenvalue weighted by Gasteiger charge is 2.29. The van der Waals surface area contributed by atoms with Crippen LogP contribution in [0.2, 0.25) is 0 Å². The van der Waals surface area contributed by atoms with Crippen molar-refractivity contribution in [2.45, 2.75) is 53.0 Å². The summed E-state index contributed by atoms with van der Waals surface area (Å²) in [4.78, 5) is 57.1. The van der Waals surface area contributed by atoms with E-state index >= 15 is 0 Å². The lowest BCUT2D eigenvalue weighted by Crippen LogP contribution is -2.43. The molecule has 32 heavy (non-hydrogen) atoms. The molecule has 0 saturated carbocycles. The molecule has 0 aromatic carbocycles. The van der Waals surface area contributed by atoms with Gasteiger partial charge in [0.1, 0.15) is 11.4 Å². The molecule has 1 fully saturated rings. The summed E-state index contributed by atoms with van der Waals surface area (Å²) < 4.78 is 6.38. The van der Waals surface area contributed by atoms with E-state index in [1.165, 1.54) is 22.2 Å². The molecule has 0 spiro atoms. The Morgan fingerprint density at radius 3 is 2.84 bits per heavy atom. The SMILES string of the molecule is CCOC(=O)[C@@H]1CCCN(C(=O)CCCNC(=O)Cn2cnc3sc(C)c(C)c3c2=O)C1. The van der Waals surface area contributed by atoms with Crippen LogP contribution >= 0.6 is 11.3 Å². The summed E-state index contributed by atoms with van der Waals surface area (Å²) in [5.41, 5.74) is 0.683. The molecule has 1 N–H and O–H groups in total. The van der Waals surface area contributed by atoms with Crippen molar-refractivity contribution < 1.29 is 19.1 Å². The van der Waals surface area contributed by atoms with Crippen LogP contribution in [0, 0.1) is 19.8 Å². The van der Waals surface area contributed by atoms with E-state index in [1.54, 1.807) is 11.8 Å². The van der Waals surface area contributed by atoms with Gasteiger partial charge in [0.25, 0.3) is 5.56 Å². The van der Waals surface area contributed by atoms with Crippen LogP contribution in [0.4, 0.5) is 0 Å². The highest BCUT2D eigenvalue weighted by atomic mass is 32.1. The minimum Gasteiger partial charge on any atom is -0.466 e. The molecule has 1 atom stereocenters. The molecule has 0 bridgehead atoms. The maximum absolute atomic E-state index is 12.7. The van der Waals surface area contributed by atoms with Gasteiger partial charge in [-0.05, 0) is 45.6 Å². The average molecular weight is 463 g/mol. The maximum atomic E-state index is 12.7. The first-order valence-corrected chi connectivity index (χ1v) is 11.8. The van der Waals surface area contributed by atoms with Crippen LogP contribution in [0.15, 0.2) is 11.1 Å². The van der Waals surface area contributed by atoms with Gasteiger partial charge in [0.15, 0.2) is 0 Å². The molecule has 2 aromatic heterocycles. The van der Waals surface area contributed by atoms with Gasteiger partial charge in [-0.1, -0.05) is 0 Å². The smallest absolute Gasteiger partial charge is 0.310 e. The second-order valence-electron chi connectivity index (χ2n) is 8.03. The van der Waals surface area contributed by atoms with Crippen molar-refractivity contribution in [1.82, 2.24) is 19.8 Å². The van der Waals surface area contributed by atoms with Crippen molar-refractivity contribution in [2.24, 2.45) is 5.92 Å². The standard InChI is InChI=1S/C22H30N4O5S/c1-4-31-22(30)16-7-6-10-25(11-16)18(28)8-5-9-23-17(27)12-26-13-24-20-19(21(26)29)14(2)15(3)32-20/h13,16H,4-12H2,1-3H3,(H,23,27)/t16-/m1/s1. The normalized spacial score (nSPS) is 16.2. The fourth-order valence-corrected chi connectivity index (χ4v) is 4.86. The number of aryl methyl sites for hydroxylation is 2. The first-order valence-electron chi connectivity index (χ1n) is 11.0. The molecule has 0 aliphatic carbocycles. The number of nitrogens with one attached hydrogen (secondary N) is 1. The van der Waals surface area contributed by atoms with Gasteiger partial charge in [-0.25, -0.2) is 4.98 Å². The van der Waals surface area contributed by atoms with Crippen LogP contribution in [0.25, 0.3) is 10.2 Å². The largest absolute Gasteiger partial charge is 0.466 e. The number of carbonyl (C=O) groups excluding carboxylic acids is 3. The van der Waals surface area contributed by atoms with Gasteiger partial charge < -0.3 is 15.0 Å². The lowest BCUT2D eigenvalue weighted by molar-refractivity contribution is -0.151. The lowest BCUT2D eigenvalue weighted by Gasteiger charge is -2.31. The minimum absolute atomic E-state index is 0.0255. The van der Waals surface area contributed by atoms with Gasteiger partial charge in [-0.3, -0.25) is 23.7 Å². The summed E-state index contributed by atoms with van der Waals surface area (Å²) in [6.07, 6.45) is 3.70. The zero-order valence-electron chi connectivity index (χ0n) is 18.8. The Labute approximate surface area is 190 Å². The van der Waals surface area contributed by atoms with Gasteiger partial charge in [0.2, 0.25) is 11.8 Å². The number of fused-ring (bicyclic) bond motifs is 1. The lowest BCUT2D eigenvalue weighted by atomic mass is 9.98. The van der Waals surface area contributed by atoms with Crippen LogP contribution in [0.3, 0.4) is 0 Å².